The lowest BCUT2D eigenvalue weighted by molar-refractivity contribution is -0.125. The van der Waals surface area contributed by atoms with Gasteiger partial charge in [0.15, 0.2) is 5.78 Å². The first-order chi connectivity index (χ1) is 9.17. The van der Waals surface area contributed by atoms with Crippen molar-refractivity contribution in [3.63, 3.8) is 0 Å². The minimum Gasteiger partial charge on any atom is -0.497 e. The molecule has 1 amide bonds. The molecule has 1 fully saturated rings. The van der Waals surface area contributed by atoms with Crippen LogP contribution in [0.1, 0.15) is 35.2 Å². The third-order valence-electron chi connectivity index (χ3n) is 3.81. The molecule has 1 unspecified atom stereocenters. The molecule has 2 aliphatic carbocycles. The van der Waals surface area contributed by atoms with Crippen LogP contribution in [-0.4, -0.2) is 24.8 Å². The van der Waals surface area contributed by atoms with Gasteiger partial charge in [-0.05, 0) is 43.0 Å². The van der Waals surface area contributed by atoms with Crippen LogP contribution in [0.2, 0.25) is 0 Å². The standard InChI is InChI=1S/C15H17NO3/c1-19-12-4-5-13-9(7-12)6-10(8-14(13)17)15(18)16-11-2-3-11/h4-5,7,10-11H,2-3,6,8H2,1H3,(H,16,18). The molecule has 0 radical (unpaired) electrons. The Hall–Kier alpha value is -1.84. The van der Waals surface area contributed by atoms with E-state index in [9.17, 15) is 9.59 Å². The highest BCUT2D eigenvalue weighted by molar-refractivity contribution is 6.01. The predicted octanol–water partition coefficient (Wildman–Crippen LogP) is 1.72. The third kappa shape index (κ3) is 2.48. The van der Waals surface area contributed by atoms with Crippen LogP contribution in [0.25, 0.3) is 0 Å². The predicted molar refractivity (Wildman–Crippen MR) is 70.3 cm³/mol. The summed E-state index contributed by atoms with van der Waals surface area (Å²) in [5, 5.41) is 2.98. The van der Waals surface area contributed by atoms with Gasteiger partial charge in [-0.25, -0.2) is 0 Å². The number of carbonyl (C=O) groups excluding carboxylic acids is 2. The van der Waals surface area contributed by atoms with Gasteiger partial charge in [0, 0.05) is 23.9 Å². The van der Waals surface area contributed by atoms with Gasteiger partial charge in [-0.1, -0.05) is 0 Å². The highest BCUT2D eigenvalue weighted by atomic mass is 16.5. The van der Waals surface area contributed by atoms with Crippen molar-refractivity contribution in [2.45, 2.75) is 31.7 Å². The van der Waals surface area contributed by atoms with Gasteiger partial charge < -0.3 is 10.1 Å². The second-order valence-electron chi connectivity index (χ2n) is 5.33. The first kappa shape index (κ1) is 12.2. The zero-order valence-corrected chi connectivity index (χ0v) is 10.9. The number of methoxy groups -OCH3 is 1. The summed E-state index contributed by atoms with van der Waals surface area (Å²) in [4.78, 5) is 24.1. The van der Waals surface area contributed by atoms with Gasteiger partial charge >= 0.3 is 0 Å². The maximum Gasteiger partial charge on any atom is 0.224 e. The number of rotatable bonds is 3. The Labute approximate surface area is 112 Å². The minimum atomic E-state index is -0.229. The molecular formula is C15H17NO3. The lowest BCUT2D eigenvalue weighted by Gasteiger charge is -2.23. The van der Waals surface area contributed by atoms with Crippen LogP contribution in [0.5, 0.6) is 5.75 Å². The summed E-state index contributed by atoms with van der Waals surface area (Å²) in [6.07, 6.45) is 3.07. The van der Waals surface area contributed by atoms with Crippen molar-refractivity contribution in [2.75, 3.05) is 7.11 Å². The van der Waals surface area contributed by atoms with E-state index in [1.54, 1.807) is 19.2 Å². The van der Waals surface area contributed by atoms with Crippen molar-refractivity contribution in [1.82, 2.24) is 5.32 Å². The number of Topliss-reactive ketones (excluding diaryl/α,β-unsaturated/α-hetero) is 1. The monoisotopic (exact) mass is 259 g/mol. The second-order valence-corrected chi connectivity index (χ2v) is 5.33. The van der Waals surface area contributed by atoms with Gasteiger partial charge in [0.1, 0.15) is 5.75 Å². The fourth-order valence-corrected chi connectivity index (χ4v) is 2.54. The van der Waals surface area contributed by atoms with Crippen molar-refractivity contribution in [3.8, 4) is 5.75 Å². The summed E-state index contributed by atoms with van der Waals surface area (Å²) < 4.78 is 5.17. The molecule has 19 heavy (non-hydrogen) atoms. The van der Waals surface area contributed by atoms with Crippen molar-refractivity contribution in [1.29, 1.82) is 0 Å². The summed E-state index contributed by atoms with van der Waals surface area (Å²) in [5.74, 6) is 0.576. The molecule has 1 N–H and O–H groups in total. The normalized spacial score (nSPS) is 21.7. The van der Waals surface area contributed by atoms with E-state index < -0.39 is 0 Å². The Morgan fingerprint density at radius 3 is 2.79 bits per heavy atom. The van der Waals surface area contributed by atoms with E-state index in [4.69, 9.17) is 4.74 Å². The summed E-state index contributed by atoms with van der Waals surface area (Å²) in [6.45, 7) is 0. The van der Waals surface area contributed by atoms with Gasteiger partial charge in [-0.3, -0.25) is 9.59 Å². The summed E-state index contributed by atoms with van der Waals surface area (Å²) in [5.41, 5.74) is 1.66. The fourth-order valence-electron chi connectivity index (χ4n) is 2.54. The molecule has 0 heterocycles. The van der Waals surface area contributed by atoms with Crippen molar-refractivity contribution in [3.05, 3.63) is 29.3 Å². The average molecular weight is 259 g/mol. The van der Waals surface area contributed by atoms with Crippen molar-refractivity contribution < 1.29 is 14.3 Å². The van der Waals surface area contributed by atoms with Crippen LogP contribution in [0.3, 0.4) is 0 Å². The van der Waals surface area contributed by atoms with Gasteiger partial charge in [0.25, 0.3) is 0 Å². The molecule has 0 bridgehead atoms. The average Bonchev–Trinajstić information content (AvgIpc) is 3.21. The number of nitrogens with one attached hydrogen (secondary N) is 1. The first-order valence-corrected chi connectivity index (χ1v) is 6.68. The maximum absolute atomic E-state index is 12.1. The molecule has 0 saturated heterocycles. The Morgan fingerprint density at radius 2 is 2.11 bits per heavy atom. The smallest absolute Gasteiger partial charge is 0.224 e. The van der Waals surface area contributed by atoms with E-state index in [1.165, 1.54) is 0 Å². The van der Waals surface area contributed by atoms with Crippen LogP contribution < -0.4 is 10.1 Å². The number of carbonyl (C=O) groups is 2. The van der Waals surface area contributed by atoms with E-state index in [1.807, 2.05) is 6.07 Å². The molecule has 100 valence electrons. The Kier molecular flexibility index (Phi) is 3.01. The molecule has 1 aromatic carbocycles. The summed E-state index contributed by atoms with van der Waals surface area (Å²) in [7, 11) is 1.60. The number of ketones is 1. The Balaban J connectivity index is 1.80. The van der Waals surface area contributed by atoms with Gasteiger partial charge in [0.2, 0.25) is 5.91 Å². The van der Waals surface area contributed by atoms with E-state index in [0.717, 1.165) is 29.7 Å². The van der Waals surface area contributed by atoms with Gasteiger partial charge in [0.05, 0.1) is 7.11 Å². The summed E-state index contributed by atoms with van der Waals surface area (Å²) >= 11 is 0. The van der Waals surface area contributed by atoms with Gasteiger partial charge in [-0.2, -0.15) is 0 Å². The van der Waals surface area contributed by atoms with E-state index in [-0.39, 0.29) is 17.6 Å². The van der Waals surface area contributed by atoms with E-state index >= 15 is 0 Å². The van der Waals surface area contributed by atoms with Crippen LogP contribution in [0.15, 0.2) is 18.2 Å². The first-order valence-electron chi connectivity index (χ1n) is 6.68. The molecule has 4 nitrogen and oxygen atoms in total. The lowest BCUT2D eigenvalue weighted by Crippen LogP contribution is -2.36. The van der Waals surface area contributed by atoms with Crippen molar-refractivity contribution >= 4 is 11.7 Å². The van der Waals surface area contributed by atoms with Crippen LogP contribution >= 0.6 is 0 Å². The molecule has 2 aliphatic rings. The zero-order chi connectivity index (χ0) is 13.4. The van der Waals surface area contributed by atoms with Crippen molar-refractivity contribution in [2.24, 2.45) is 5.92 Å². The molecule has 0 spiro atoms. The fraction of sp³-hybridized carbons (Fsp3) is 0.467. The summed E-state index contributed by atoms with van der Waals surface area (Å²) in [6, 6.07) is 5.80. The SMILES string of the molecule is COc1ccc2c(c1)CC(C(=O)NC1CC1)CC2=O. The molecule has 1 atom stereocenters. The maximum atomic E-state index is 12.1. The van der Waals surface area contributed by atoms with Gasteiger partial charge in [-0.15, -0.1) is 0 Å². The lowest BCUT2D eigenvalue weighted by atomic mass is 9.82. The van der Waals surface area contributed by atoms with E-state index in [0.29, 0.717) is 18.9 Å². The third-order valence-corrected chi connectivity index (χ3v) is 3.81. The van der Waals surface area contributed by atoms with E-state index in [2.05, 4.69) is 5.32 Å². The number of fused-ring (bicyclic) bond motifs is 1. The Morgan fingerprint density at radius 1 is 1.32 bits per heavy atom. The number of ether oxygens (including phenoxy) is 1. The molecule has 0 aromatic heterocycles. The highest BCUT2D eigenvalue weighted by Crippen LogP contribution is 2.29. The number of hydrogen-bond donors (Lipinski definition) is 1. The van der Waals surface area contributed by atoms with Crippen LogP contribution in [0, 0.1) is 5.92 Å². The quantitative estimate of drug-likeness (QED) is 0.899. The number of amides is 1. The number of benzene rings is 1. The van der Waals surface area contributed by atoms with Crippen LogP contribution in [-0.2, 0) is 11.2 Å². The highest BCUT2D eigenvalue weighted by Gasteiger charge is 2.33. The second kappa shape index (κ2) is 4.68. The zero-order valence-electron chi connectivity index (χ0n) is 10.9. The number of hydrogen-bond acceptors (Lipinski definition) is 3. The van der Waals surface area contributed by atoms with Crippen LogP contribution in [0.4, 0.5) is 0 Å². The minimum absolute atomic E-state index is 0.0179. The molecule has 3 rings (SSSR count). The molecule has 4 heteroatoms. The largest absolute Gasteiger partial charge is 0.497 e. The molecule has 1 saturated carbocycles. The molecule has 1 aromatic rings. The molecule has 0 aliphatic heterocycles. The Bertz CT molecular complexity index is 534. The topological polar surface area (TPSA) is 55.4 Å². The molecular weight excluding hydrogens is 242 g/mol.